The lowest BCUT2D eigenvalue weighted by Crippen LogP contribution is -2.50. The van der Waals surface area contributed by atoms with E-state index in [4.69, 9.17) is 0 Å². The van der Waals surface area contributed by atoms with Crippen LogP contribution in [0.1, 0.15) is 23.2 Å². The number of fused-ring (bicyclic) bond motifs is 1. The molecule has 1 aromatic rings. The predicted molar refractivity (Wildman–Crippen MR) is 75.3 cm³/mol. The van der Waals surface area contributed by atoms with Crippen molar-refractivity contribution in [3.8, 4) is 0 Å². The van der Waals surface area contributed by atoms with Gasteiger partial charge in [0.15, 0.2) is 6.29 Å². The molecule has 6 nitrogen and oxygen atoms in total. The maximum atomic E-state index is 11.2. The number of non-ortho nitro benzene ring substituents is 1. The third-order valence-electron chi connectivity index (χ3n) is 4.28. The Labute approximate surface area is 117 Å². The quantitative estimate of drug-likeness (QED) is 0.477. The molecule has 20 heavy (non-hydrogen) atoms. The van der Waals surface area contributed by atoms with E-state index in [9.17, 15) is 14.9 Å². The molecule has 3 rings (SSSR count). The molecule has 0 saturated carbocycles. The number of nitro benzene ring substituents is 1. The summed E-state index contributed by atoms with van der Waals surface area (Å²) >= 11 is 0. The van der Waals surface area contributed by atoms with Gasteiger partial charge in [-0.25, -0.2) is 0 Å². The summed E-state index contributed by atoms with van der Waals surface area (Å²) in [7, 11) is 0. The minimum absolute atomic E-state index is 0.0321. The van der Waals surface area contributed by atoms with Crippen molar-refractivity contribution in [3.63, 3.8) is 0 Å². The summed E-state index contributed by atoms with van der Waals surface area (Å²) < 4.78 is 0. The van der Waals surface area contributed by atoms with Gasteiger partial charge in [0.25, 0.3) is 5.69 Å². The van der Waals surface area contributed by atoms with Crippen molar-refractivity contribution in [1.82, 2.24) is 4.90 Å². The first-order chi connectivity index (χ1) is 9.69. The first-order valence-electron chi connectivity index (χ1n) is 6.91. The van der Waals surface area contributed by atoms with Crippen molar-refractivity contribution in [1.29, 1.82) is 0 Å². The Morgan fingerprint density at radius 3 is 2.90 bits per heavy atom. The van der Waals surface area contributed by atoms with Crippen LogP contribution >= 0.6 is 0 Å². The van der Waals surface area contributed by atoms with Crippen LogP contribution in [-0.4, -0.2) is 48.3 Å². The topological polar surface area (TPSA) is 66.7 Å². The number of carbonyl (C=O) groups is 1. The van der Waals surface area contributed by atoms with E-state index in [1.807, 2.05) is 0 Å². The first kappa shape index (κ1) is 13.1. The van der Waals surface area contributed by atoms with Gasteiger partial charge in [0.2, 0.25) is 0 Å². The number of hydrogen-bond acceptors (Lipinski definition) is 5. The lowest BCUT2D eigenvalue weighted by atomic mass is 10.1. The van der Waals surface area contributed by atoms with Crippen LogP contribution in [-0.2, 0) is 0 Å². The highest BCUT2D eigenvalue weighted by atomic mass is 16.6. The van der Waals surface area contributed by atoms with Gasteiger partial charge in [0, 0.05) is 49.1 Å². The van der Waals surface area contributed by atoms with Crippen LogP contribution in [0.15, 0.2) is 18.2 Å². The van der Waals surface area contributed by atoms with Crippen molar-refractivity contribution in [3.05, 3.63) is 33.9 Å². The molecule has 0 amide bonds. The van der Waals surface area contributed by atoms with E-state index in [0.29, 0.717) is 17.9 Å². The minimum atomic E-state index is -0.467. The van der Waals surface area contributed by atoms with Gasteiger partial charge in [-0.1, -0.05) is 0 Å². The fourth-order valence-electron chi connectivity index (χ4n) is 3.25. The molecule has 2 aliphatic rings. The van der Waals surface area contributed by atoms with Crippen LogP contribution in [0.4, 0.5) is 11.4 Å². The van der Waals surface area contributed by atoms with Gasteiger partial charge in [-0.2, -0.15) is 0 Å². The van der Waals surface area contributed by atoms with Crippen molar-refractivity contribution in [2.45, 2.75) is 18.9 Å². The second kappa shape index (κ2) is 5.20. The molecule has 2 fully saturated rings. The summed E-state index contributed by atoms with van der Waals surface area (Å²) in [6.45, 7) is 3.94. The smallest absolute Gasteiger partial charge is 0.270 e. The number of nitrogens with zero attached hydrogens (tertiary/aromatic N) is 3. The Kier molecular flexibility index (Phi) is 3.40. The molecule has 0 N–H and O–H groups in total. The molecule has 0 radical (unpaired) electrons. The molecule has 0 bridgehead atoms. The van der Waals surface area contributed by atoms with Crippen LogP contribution < -0.4 is 4.90 Å². The Hall–Kier alpha value is -1.95. The Morgan fingerprint density at radius 2 is 2.15 bits per heavy atom. The van der Waals surface area contributed by atoms with Gasteiger partial charge in [0.05, 0.1) is 4.92 Å². The molecule has 2 heterocycles. The normalized spacial score (nSPS) is 22.6. The second-order valence-electron chi connectivity index (χ2n) is 5.40. The fraction of sp³-hybridized carbons (Fsp3) is 0.500. The number of rotatable bonds is 3. The summed E-state index contributed by atoms with van der Waals surface area (Å²) in [5, 5.41) is 10.8. The monoisotopic (exact) mass is 275 g/mol. The van der Waals surface area contributed by atoms with Crippen LogP contribution in [0.25, 0.3) is 0 Å². The van der Waals surface area contributed by atoms with E-state index in [0.717, 1.165) is 25.3 Å². The fourth-order valence-corrected chi connectivity index (χ4v) is 3.25. The highest BCUT2D eigenvalue weighted by molar-refractivity contribution is 5.86. The number of hydrogen-bond donors (Lipinski definition) is 0. The number of carbonyl (C=O) groups excluding carboxylic acids is 1. The third kappa shape index (κ3) is 2.27. The maximum absolute atomic E-state index is 11.2. The molecule has 1 atom stereocenters. The van der Waals surface area contributed by atoms with Gasteiger partial charge < -0.3 is 4.90 Å². The van der Waals surface area contributed by atoms with E-state index in [1.165, 1.54) is 31.5 Å². The molecule has 0 aliphatic carbocycles. The van der Waals surface area contributed by atoms with Crippen molar-refractivity contribution in [2.75, 3.05) is 31.1 Å². The van der Waals surface area contributed by atoms with Crippen molar-refractivity contribution in [2.24, 2.45) is 0 Å². The van der Waals surface area contributed by atoms with Crippen LogP contribution in [0.5, 0.6) is 0 Å². The summed E-state index contributed by atoms with van der Waals surface area (Å²) in [5.41, 5.74) is 1.19. The van der Waals surface area contributed by atoms with Crippen molar-refractivity contribution < 1.29 is 9.72 Å². The molecule has 1 aromatic carbocycles. The van der Waals surface area contributed by atoms with E-state index >= 15 is 0 Å². The van der Waals surface area contributed by atoms with Gasteiger partial charge in [-0.15, -0.1) is 0 Å². The largest absolute Gasteiger partial charge is 0.368 e. The molecule has 6 heteroatoms. The minimum Gasteiger partial charge on any atom is -0.368 e. The van der Waals surface area contributed by atoms with Crippen LogP contribution in [0.2, 0.25) is 0 Å². The highest BCUT2D eigenvalue weighted by Crippen LogP contribution is 2.29. The van der Waals surface area contributed by atoms with E-state index in [1.54, 1.807) is 6.07 Å². The molecular weight excluding hydrogens is 258 g/mol. The SMILES string of the molecule is O=Cc1cc([N+](=O)[O-])ccc1N1CCN2CCCC2C1. The number of aldehydes is 1. The number of piperazine rings is 1. The van der Waals surface area contributed by atoms with E-state index in [-0.39, 0.29) is 5.69 Å². The lowest BCUT2D eigenvalue weighted by molar-refractivity contribution is -0.384. The number of nitro groups is 1. The molecular formula is C14H17N3O3. The lowest BCUT2D eigenvalue weighted by Gasteiger charge is -2.39. The highest BCUT2D eigenvalue weighted by Gasteiger charge is 2.31. The van der Waals surface area contributed by atoms with Gasteiger partial charge >= 0.3 is 0 Å². The standard InChI is InChI=1S/C14H17N3O3/c18-10-11-8-12(17(19)20)3-4-14(11)16-7-6-15-5-1-2-13(15)9-16/h3-4,8,10,13H,1-2,5-7,9H2. The summed E-state index contributed by atoms with van der Waals surface area (Å²) in [5.74, 6) is 0. The number of anilines is 1. The number of benzene rings is 1. The predicted octanol–water partition coefficient (Wildman–Crippen LogP) is 1.69. The molecule has 2 aliphatic heterocycles. The van der Waals surface area contributed by atoms with Crippen molar-refractivity contribution >= 4 is 17.7 Å². The summed E-state index contributed by atoms with van der Waals surface area (Å²) in [6.07, 6.45) is 3.14. The molecule has 0 aromatic heterocycles. The van der Waals surface area contributed by atoms with Gasteiger partial charge in [0.1, 0.15) is 0 Å². The van der Waals surface area contributed by atoms with E-state index in [2.05, 4.69) is 9.80 Å². The molecule has 2 saturated heterocycles. The summed E-state index contributed by atoms with van der Waals surface area (Å²) in [6, 6.07) is 5.09. The zero-order chi connectivity index (χ0) is 14.1. The van der Waals surface area contributed by atoms with Crippen LogP contribution in [0, 0.1) is 10.1 Å². The summed E-state index contributed by atoms with van der Waals surface area (Å²) in [4.78, 5) is 26.2. The van der Waals surface area contributed by atoms with Gasteiger partial charge in [-0.05, 0) is 25.5 Å². The zero-order valence-corrected chi connectivity index (χ0v) is 11.2. The molecule has 106 valence electrons. The third-order valence-corrected chi connectivity index (χ3v) is 4.28. The Balaban J connectivity index is 1.86. The first-order valence-corrected chi connectivity index (χ1v) is 6.91. The Morgan fingerprint density at radius 1 is 1.30 bits per heavy atom. The Bertz CT molecular complexity index is 546. The average Bonchev–Trinajstić information content (AvgIpc) is 2.93. The average molecular weight is 275 g/mol. The molecule has 1 unspecified atom stereocenters. The second-order valence-corrected chi connectivity index (χ2v) is 5.40. The molecule has 0 spiro atoms. The zero-order valence-electron chi connectivity index (χ0n) is 11.2. The van der Waals surface area contributed by atoms with Gasteiger partial charge in [-0.3, -0.25) is 19.8 Å². The van der Waals surface area contributed by atoms with E-state index < -0.39 is 4.92 Å². The van der Waals surface area contributed by atoms with Crippen LogP contribution in [0.3, 0.4) is 0 Å². The maximum Gasteiger partial charge on any atom is 0.270 e.